The molecule has 2 N–H and O–H groups in total. The highest BCUT2D eigenvalue weighted by Crippen LogP contribution is 2.35. The summed E-state index contributed by atoms with van der Waals surface area (Å²) in [6.45, 7) is 11.8. The van der Waals surface area contributed by atoms with Crippen molar-refractivity contribution < 1.29 is 41.7 Å². The number of hydrogen-bond acceptors (Lipinski definition) is 10. The quantitative estimate of drug-likeness (QED) is 0.250. The fourth-order valence-corrected chi connectivity index (χ4v) is 5.75. The Hall–Kier alpha value is -0.183. The van der Waals surface area contributed by atoms with Gasteiger partial charge in [0.2, 0.25) is 0 Å². The molecule has 0 heterocycles. The zero-order valence-corrected chi connectivity index (χ0v) is 20.5. The number of rotatable bonds is 18. The van der Waals surface area contributed by atoms with Crippen LogP contribution < -0.4 is 5.73 Å². The number of nitrogens with two attached hydrogens (primary N) is 1. The minimum Gasteiger partial charge on any atom is -0.332 e. The van der Waals surface area contributed by atoms with Crippen LogP contribution >= 0.6 is 0 Å². The minimum atomic E-state index is -3.73. The molecule has 0 saturated carbocycles. The minimum absolute atomic E-state index is 0.313. The zero-order valence-electron chi connectivity index (χ0n) is 19.5. The number of methoxy groups -OCH3 is 3. The first kappa shape index (κ1) is 28.8. The molecule has 3 atom stereocenters. The molecule has 0 fully saturated rings. The van der Waals surface area contributed by atoms with Gasteiger partial charge in [-0.2, -0.15) is 0 Å². The van der Waals surface area contributed by atoms with Gasteiger partial charge in [0.15, 0.2) is 0 Å². The van der Waals surface area contributed by atoms with Gasteiger partial charge in [-0.25, -0.2) is 0 Å². The van der Waals surface area contributed by atoms with Gasteiger partial charge >= 0.3 is 8.80 Å². The van der Waals surface area contributed by atoms with Crippen molar-refractivity contribution in [1.29, 1.82) is 0 Å². The maximum atomic E-state index is 6.28. The molecule has 3 unspecified atom stereocenters. The van der Waals surface area contributed by atoms with Crippen molar-refractivity contribution in [2.45, 2.75) is 71.9 Å². The third kappa shape index (κ3) is 9.66. The van der Waals surface area contributed by atoms with E-state index in [1.54, 1.807) is 20.8 Å². The molecule has 0 radical (unpaired) electrons. The van der Waals surface area contributed by atoms with Crippen LogP contribution in [0.1, 0.15) is 48.0 Å². The first-order chi connectivity index (χ1) is 13.5. The van der Waals surface area contributed by atoms with E-state index in [2.05, 4.69) is 0 Å². The summed E-state index contributed by atoms with van der Waals surface area (Å²) < 4.78 is 52.2. The average Bonchev–Trinajstić information content (AvgIpc) is 2.66. The van der Waals surface area contributed by atoms with Gasteiger partial charge in [0.1, 0.15) is 0 Å². The van der Waals surface area contributed by atoms with Crippen molar-refractivity contribution in [3.8, 4) is 0 Å². The van der Waals surface area contributed by atoms with Crippen LogP contribution in [0, 0.1) is 0 Å². The molecule has 176 valence electrons. The van der Waals surface area contributed by atoms with Crippen LogP contribution in [0.5, 0.6) is 0 Å². The molecule has 0 aromatic carbocycles. The fourth-order valence-electron chi connectivity index (χ4n) is 2.56. The zero-order chi connectivity index (χ0) is 22.6. The van der Waals surface area contributed by atoms with Crippen molar-refractivity contribution in [2.75, 3.05) is 47.7 Å². The van der Waals surface area contributed by atoms with Crippen molar-refractivity contribution >= 4 is 8.80 Å². The summed E-state index contributed by atoms with van der Waals surface area (Å²) >= 11 is 0. The highest BCUT2D eigenvalue weighted by Gasteiger charge is 2.56. The van der Waals surface area contributed by atoms with Crippen LogP contribution in [0.15, 0.2) is 0 Å². The second kappa shape index (κ2) is 13.3. The lowest BCUT2D eigenvalue weighted by molar-refractivity contribution is -0.395. The van der Waals surface area contributed by atoms with Crippen molar-refractivity contribution in [2.24, 2.45) is 5.73 Å². The normalized spacial score (nSPS) is 20.5. The smallest absolute Gasteiger partial charge is 0.332 e. The molecule has 0 aromatic rings. The van der Waals surface area contributed by atoms with Crippen molar-refractivity contribution in [3.63, 3.8) is 0 Å². The Morgan fingerprint density at radius 1 is 0.655 bits per heavy atom. The summed E-state index contributed by atoms with van der Waals surface area (Å²) in [5, 5.41) is 0. The largest absolute Gasteiger partial charge is 0.512 e. The van der Waals surface area contributed by atoms with Gasteiger partial charge < -0.3 is 47.4 Å². The third-order valence-corrected chi connectivity index (χ3v) is 7.05. The highest BCUT2D eigenvalue weighted by atomic mass is 28.4. The SMILES string of the molecule is CCOC(C)(OC)O[Si](CCCN)(OC(C)(OC)OCC)OC(C)(OC)OCC. The summed E-state index contributed by atoms with van der Waals surface area (Å²) in [5.74, 6) is -4.34. The lowest BCUT2D eigenvalue weighted by atomic mass is 10.5. The molecule has 0 aliphatic rings. The lowest BCUT2D eigenvalue weighted by Crippen LogP contribution is -2.62. The highest BCUT2D eigenvalue weighted by molar-refractivity contribution is 6.61. The molecule has 10 nitrogen and oxygen atoms in total. The van der Waals surface area contributed by atoms with E-state index in [1.165, 1.54) is 21.3 Å². The molecule has 0 aliphatic carbocycles. The predicted octanol–water partition coefficient (Wildman–Crippen LogP) is 2.39. The maximum Gasteiger partial charge on any atom is 0.512 e. The summed E-state index contributed by atoms with van der Waals surface area (Å²) in [6, 6.07) is 0.313. The van der Waals surface area contributed by atoms with Gasteiger partial charge in [-0.15, -0.1) is 0 Å². The fraction of sp³-hybridized carbons (Fsp3) is 1.00. The van der Waals surface area contributed by atoms with E-state index < -0.39 is 26.7 Å². The second-order valence-electron chi connectivity index (χ2n) is 6.38. The maximum absolute atomic E-state index is 6.28. The van der Waals surface area contributed by atoms with Crippen LogP contribution in [0.4, 0.5) is 0 Å². The standard InChI is InChI=1S/C18H41NO9Si/c1-10-23-16(4,20-7)26-29(15-13-14-19,27-17(5,21-8)24-11-2)28-18(6,22-9)25-12-3/h10-15,19H2,1-9H3. The van der Waals surface area contributed by atoms with Gasteiger partial charge in [0.25, 0.3) is 17.9 Å². The van der Waals surface area contributed by atoms with Crippen molar-refractivity contribution in [1.82, 2.24) is 0 Å². The van der Waals surface area contributed by atoms with Gasteiger partial charge in [0, 0.05) is 68.0 Å². The van der Waals surface area contributed by atoms with Gasteiger partial charge in [-0.1, -0.05) is 0 Å². The third-order valence-electron chi connectivity index (χ3n) is 4.04. The van der Waals surface area contributed by atoms with E-state index in [-0.39, 0.29) is 0 Å². The van der Waals surface area contributed by atoms with Gasteiger partial charge in [-0.05, 0) is 33.7 Å². The van der Waals surface area contributed by atoms with E-state index in [0.717, 1.165) is 0 Å². The Bertz CT molecular complexity index is 392. The first-order valence-corrected chi connectivity index (χ1v) is 11.9. The number of hydrogen-bond donors (Lipinski definition) is 1. The molecule has 0 bridgehead atoms. The van der Waals surface area contributed by atoms with E-state index in [1.807, 2.05) is 20.8 Å². The van der Waals surface area contributed by atoms with Crippen LogP contribution in [0.2, 0.25) is 6.04 Å². The molecule has 0 spiro atoms. The van der Waals surface area contributed by atoms with E-state index in [4.69, 9.17) is 47.4 Å². The van der Waals surface area contributed by atoms with Crippen LogP contribution in [-0.2, 0) is 41.7 Å². The summed E-state index contributed by atoms with van der Waals surface area (Å²) in [6.07, 6.45) is 0.538. The Kier molecular flexibility index (Phi) is 13.2. The van der Waals surface area contributed by atoms with Gasteiger partial charge in [0.05, 0.1) is 0 Å². The predicted molar refractivity (Wildman–Crippen MR) is 109 cm³/mol. The Labute approximate surface area is 176 Å². The molecule has 29 heavy (non-hydrogen) atoms. The Balaban J connectivity index is 6.24. The van der Waals surface area contributed by atoms with Crippen molar-refractivity contribution in [3.05, 3.63) is 0 Å². The molecule has 0 saturated heterocycles. The molecule has 0 rings (SSSR count). The van der Waals surface area contributed by atoms with E-state index >= 15 is 0 Å². The Morgan fingerprint density at radius 3 is 1.17 bits per heavy atom. The van der Waals surface area contributed by atoms with E-state index in [9.17, 15) is 0 Å². The number of ether oxygens (including phenoxy) is 6. The molecule has 0 aromatic heterocycles. The molecular formula is C18H41NO9Si. The van der Waals surface area contributed by atoms with Crippen LogP contribution in [0.25, 0.3) is 0 Å². The van der Waals surface area contributed by atoms with Crippen LogP contribution in [-0.4, -0.2) is 74.4 Å². The summed E-state index contributed by atoms with van der Waals surface area (Å²) in [5.41, 5.74) is 5.77. The molecular weight excluding hydrogens is 402 g/mol. The average molecular weight is 444 g/mol. The topological polar surface area (TPSA) is 109 Å². The second-order valence-corrected chi connectivity index (χ2v) is 8.86. The van der Waals surface area contributed by atoms with Gasteiger partial charge in [-0.3, -0.25) is 0 Å². The van der Waals surface area contributed by atoms with E-state index in [0.29, 0.717) is 38.8 Å². The summed E-state index contributed by atoms with van der Waals surface area (Å²) in [7, 11) is 0.671. The monoisotopic (exact) mass is 443 g/mol. The van der Waals surface area contributed by atoms with Crippen LogP contribution in [0.3, 0.4) is 0 Å². The lowest BCUT2D eigenvalue weighted by Gasteiger charge is -2.44. The molecule has 11 heteroatoms. The molecule has 0 amide bonds. The first-order valence-electron chi connectivity index (χ1n) is 9.92. The summed E-state index contributed by atoms with van der Waals surface area (Å²) in [4.78, 5) is 0. The molecule has 0 aliphatic heterocycles. The Morgan fingerprint density at radius 2 is 0.966 bits per heavy atom.